The van der Waals surface area contributed by atoms with Crippen LogP contribution in [-0.4, -0.2) is 34.9 Å². The highest BCUT2D eigenvalue weighted by Gasteiger charge is 2.22. The van der Waals surface area contributed by atoms with Gasteiger partial charge in [0.05, 0.1) is 22.4 Å². The molecule has 0 aliphatic heterocycles. The molecular formula is C95H57N7OS. The van der Waals surface area contributed by atoms with Crippen LogP contribution in [0.4, 0.5) is 0 Å². The quantitative estimate of drug-likeness (QED) is 0.132. The van der Waals surface area contributed by atoms with Crippen molar-refractivity contribution in [2.24, 2.45) is 0 Å². The smallest absolute Gasteiger partial charge is 0.164 e. The number of aromatic nitrogens is 7. The monoisotopic (exact) mass is 1340 g/mol. The van der Waals surface area contributed by atoms with Crippen molar-refractivity contribution in [3.63, 3.8) is 0 Å². The molecule has 15 aromatic carbocycles. The molecule has 0 aliphatic rings. The van der Waals surface area contributed by atoms with E-state index in [1.165, 1.54) is 80.1 Å². The minimum atomic E-state index is 0.611. The molecule has 6 heterocycles. The van der Waals surface area contributed by atoms with Gasteiger partial charge in [-0.25, -0.2) is 34.9 Å². The third-order valence-electron chi connectivity index (χ3n) is 20.0. The zero-order valence-corrected chi connectivity index (χ0v) is 56.7. The number of rotatable bonds is 9. The number of benzene rings is 15. The number of hydrogen-bond donors (Lipinski definition) is 0. The van der Waals surface area contributed by atoms with Crippen LogP contribution in [0.3, 0.4) is 0 Å². The summed E-state index contributed by atoms with van der Waals surface area (Å²) >= 11 is 1.88. The largest absolute Gasteiger partial charge is 0.455 e. The van der Waals surface area contributed by atoms with Crippen LogP contribution in [0.15, 0.2) is 350 Å². The topological polar surface area (TPSA) is 103 Å². The van der Waals surface area contributed by atoms with Gasteiger partial charge in [0.15, 0.2) is 23.3 Å². The molecule has 104 heavy (non-hydrogen) atoms. The lowest BCUT2D eigenvalue weighted by molar-refractivity contribution is 0.670. The van der Waals surface area contributed by atoms with Crippen molar-refractivity contribution in [2.45, 2.75) is 0 Å². The summed E-state index contributed by atoms with van der Waals surface area (Å²) < 4.78 is 9.39. The minimum Gasteiger partial charge on any atom is -0.455 e. The molecule has 484 valence electrons. The average molecular weight is 1340 g/mol. The Bertz CT molecular complexity index is 6910. The van der Waals surface area contributed by atoms with E-state index in [0.717, 1.165) is 111 Å². The highest BCUT2D eigenvalue weighted by atomic mass is 32.1. The van der Waals surface area contributed by atoms with E-state index < -0.39 is 0 Å². The van der Waals surface area contributed by atoms with Crippen molar-refractivity contribution in [1.82, 2.24) is 34.9 Å². The number of fused-ring (bicyclic) bond motifs is 16. The Morgan fingerprint density at radius 2 is 0.673 bits per heavy atom. The first-order valence-electron chi connectivity index (χ1n) is 34.8. The second kappa shape index (κ2) is 25.2. The van der Waals surface area contributed by atoms with Crippen molar-refractivity contribution < 1.29 is 4.42 Å². The number of para-hydroxylation sites is 3. The molecule has 0 unspecified atom stereocenters. The summed E-state index contributed by atoms with van der Waals surface area (Å²) in [5.74, 6) is 2.62. The summed E-state index contributed by atoms with van der Waals surface area (Å²) in [7, 11) is 0. The van der Waals surface area contributed by atoms with Gasteiger partial charge in [-0.3, -0.25) is 0 Å². The number of nitrogens with zero attached hydrogens (tertiary/aromatic N) is 7. The van der Waals surface area contributed by atoms with Gasteiger partial charge >= 0.3 is 0 Å². The van der Waals surface area contributed by atoms with Gasteiger partial charge in [0.25, 0.3) is 0 Å². The molecule has 0 saturated carbocycles. The number of hydrogen-bond acceptors (Lipinski definition) is 9. The van der Waals surface area contributed by atoms with Crippen LogP contribution in [0.1, 0.15) is 0 Å². The Labute approximate surface area is 601 Å². The van der Waals surface area contributed by atoms with Gasteiger partial charge in [0, 0.05) is 115 Å². The van der Waals surface area contributed by atoms with Gasteiger partial charge in [-0.15, -0.1) is 11.3 Å². The van der Waals surface area contributed by atoms with E-state index in [1.54, 1.807) is 12.4 Å². The molecule has 21 aromatic rings. The van der Waals surface area contributed by atoms with Gasteiger partial charge in [0.2, 0.25) is 0 Å². The van der Waals surface area contributed by atoms with Gasteiger partial charge in [-0.2, -0.15) is 0 Å². The second-order valence-electron chi connectivity index (χ2n) is 26.3. The summed E-state index contributed by atoms with van der Waals surface area (Å²) in [6.07, 6.45) is 3.56. The van der Waals surface area contributed by atoms with Gasteiger partial charge < -0.3 is 4.42 Å². The zero-order valence-electron chi connectivity index (χ0n) is 55.9. The van der Waals surface area contributed by atoms with E-state index in [9.17, 15) is 0 Å². The van der Waals surface area contributed by atoms with Crippen molar-refractivity contribution in [2.75, 3.05) is 0 Å². The van der Waals surface area contributed by atoms with Crippen LogP contribution in [0.25, 0.3) is 208 Å². The van der Waals surface area contributed by atoms with Crippen molar-refractivity contribution in [3.05, 3.63) is 346 Å². The first-order valence-corrected chi connectivity index (χ1v) is 35.6. The van der Waals surface area contributed by atoms with E-state index in [2.05, 4.69) is 265 Å². The maximum Gasteiger partial charge on any atom is 0.164 e. The Hall–Kier alpha value is -13.7. The van der Waals surface area contributed by atoms with E-state index in [4.69, 9.17) is 29.3 Å². The predicted molar refractivity (Wildman–Crippen MR) is 432 cm³/mol. The molecule has 0 aliphatic carbocycles. The summed E-state index contributed by atoms with van der Waals surface area (Å²) in [5, 5.41) is 16.6. The van der Waals surface area contributed by atoms with Crippen molar-refractivity contribution in [3.8, 4) is 101 Å². The fourth-order valence-electron chi connectivity index (χ4n) is 15.0. The van der Waals surface area contributed by atoms with E-state index in [0.29, 0.717) is 17.5 Å². The van der Waals surface area contributed by atoms with Crippen LogP contribution in [-0.2, 0) is 0 Å². The molecule has 0 saturated heterocycles. The lowest BCUT2D eigenvalue weighted by Gasteiger charge is -2.11. The second-order valence-corrected chi connectivity index (χ2v) is 27.3. The summed E-state index contributed by atoms with van der Waals surface area (Å²) in [6, 6.07) is 117. The molecule has 0 N–H and O–H groups in total. The number of furan rings is 1. The fraction of sp³-hybridized carbons (Fsp3) is 0. The van der Waals surface area contributed by atoms with Crippen LogP contribution in [0.5, 0.6) is 0 Å². The van der Waals surface area contributed by atoms with Crippen molar-refractivity contribution >= 4 is 118 Å². The highest BCUT2D eigenvalue weighted by molar-refractivity contribution is 7.26. The maximum absolute atomic E-state index is 6.78. The van der Waals surface area contributed by atoms with Gasteiger partial charge in [-0.05, 0) is 122 Å². The molecule has 0 fully saturated rings. The molecule has 0 amide bonds. The normalized spacial score (nSPS) is 11.7. The molecule has 21 rings (SSSR count). The molecule has 0 radical (unpaired) electrons. The third kappa shape index (κ3) is 10.6. The molecule has 0 bridgehead atoms. The van der Waals surface area contributed by atoms with Gasteiger partial charge in [0.1, 0.15) is 11.2 Å². The fourth-order valence-corrected chi connectivity index (χ4v) is 16.3. The Kier molecular flexibility index (Phi) is 14.6. The molecule has 8 nitrogen and oxygen atoms in total. The standard InChI is InChI=1S/C49H29N3S.C46H28N4O/c1-2-7-30(8-3-1)47-42-21-20-40-43-29-38(19-22-45(43)53-48(40)46(42)41-9-4-5-10-44(41)52-47)36-15-13-32-25-31(11-12-34(32)27-36)33-14-16-37-28-39(18-17-35(37)26-33)49-50-23-6-24-51-49;1-4-14-29(15-5-1)42-36-26-27-39-41(40(36)35-22-10-11-25-38(35)47-42)37-24-13-23-34(43(37)51-39)32-20-12-21-33(28-32)46-49-44(30-16-6-2-7-17-30)48-45(50-46)31-18-8-3-9-19-31/h1-29H;1-28H. The lowest BCUT2D eigenvalue weighted by Crippen LogP contribution is -2.00. The van der Waals surface area contributed by atoms with E-state index >= 15 is 0 Å². The Morgan fingerprint density at radius 1 is 0.240 bits per heavy atom. The molecule has 9 heteroatoms. The molecule has 6 aromatic heterocycles. The average Bonchev–Trinajstić information content (AvgIpc) is 1.49. The van der Waals surface area contributed by atoms with E-state index in [1.807, 2.05) is 90.2 Å². The maximum atomic E-state index is 6.78. The SMILES string of the molecule is c1ccc(-c2nc(-c3ccccc3)nc(-c3cccc(-c4cccc5c4oc4ccc6c(-c7ccccc7)nc7ccccc7c6c45)c3)n2)cc1.c1ccc(-c2nc3ccccc3c3c2ccc2c4cc(-c5ccc6cc(-c7ccc8cc(-c9ncccn9)ccc8c7)ccc6c5)ccc4sc23)cc1. The van der Waals surface area contributed by atoms with Crippen LogP contribution in [0.2, 0.25) is 0 Å². The van der Waals surface area contributed by atoms with Crippen molar-refractivity contribution in [1.29, 1.82) is 0 Å². The first kappa shape index (κ1) is 60.2. The Morgan fingerprint density at radius 3 is 1.27 bits per heavy atom. The number of pyridine rings is 2. The highest BCUT2D eigenvalue weighted by Crippen LogP contribution is 2.47. The molecule has 0 spiro atoms. The molecule has 0 atom stereocenters. The first-order chi connectivity index (χ1) is 51.5. The predicted octanol–water partition coefficient (Wildman–Crippen LogP) is 25.3. The summed E-state index contributed by atoms with van der Waals surface area (Å²) in [5.41, 5.74) is 18.5. The lowest BCUT2D eigenvalue weighted by atomic mass is 9.95. The van der Waals surface area contributed by atoms with Crippen LogP contribution >= 0.6 is 11.3 Å². The zero-order chi connectivity index (χ0) is 68.6. The Balaban J connectivity index is 0.000000139. The minimum absolute atomic E-state index is 0.611. The van der Waals surface area contributed by atoms with E-state index in [-0.39, 0.29) is 0 Å². The summed E-state index contributed by atoms with van der Waals surface area (Å²) in [6.45, 7) is 0. The van der Waals surface area contributed by atoms with Gasteiger partial charge in [-0.1, -0.05) is 261 Å². The molecular weight excluding hydrogens is 1290 g/mol. The summed E-state index contributed by atoms with van der Waals surface area (Å²) in [4.78, 5) is 34.0. The third-order valence-corrected chi connectivity index (χ3v) is 21.2. The van der Waals surface area contributed by atoms with Crippen LogP contribution < -0.4 is 0 Å². The number of thiophene rings is 1. The van der Waals surface area contributed by atoms with Crippen LogP contribution in [0, 0.1) is 0 Å².